The summed E-state index contributed by atoms with van der Waals surface area (Å²) in [5.74, 6) is -1.97. The van der Waals surface area contributed by atoms with E-state index in [-0.39, 0.29) is 18.0 Å². The van der Waals surface area contributed by atoms with E-state index in [0.29, 0.717) is 18.1 Å². The molecule has 1 amide bonds. The predicted octanol–water partition coefficient (Wildman–Crippen LogP) is 3.43. The molecule has 0 bridgehead atoms. The molecule has 2 N–H and O–H groups in total. The van der Waals surface area contributed by atoms with Crippen molar-refractivity contribution in [2.24, 2.45) is 0 Å². The number of hydrogen-bond donors (Lipinski definition) is 2. The zero-order valence-corrected chi connectivity index (χ0v) is 15.0. The van der Waals surface area contributed by atoms with Crippen LogP contribution in [0.3, 0.4) is 0 Å². The molecule has 0 radical (unpaired) electrons. The quantitative estimate of drug-likeness (QED) is 0.795. The van der Waals surface area contributed by atoms with E-state index in [1.54, 1.807) is 0 Å². The standard InChI is InChI=1S/C17H23F2N3OS/c1-11-10-17(2,3)21-16(24)22(11)9-5-8-14(23)20-15-12(18)6-4-7-13(15)19/h4,6-7,11H,5,8-10H2,1-3H3,(H,20,23)(H,21,24). The molecule has 0 saturated carbocycles. The molecule has 1 saturated heterocycles. The lowest BCUT2D eigenvalue weighted by molar-refractivity contribution is -0.116. The molecule has 1 atom stereocenters. The van der Waals surface area contributed by atoms with Gasteiger partial charge in [-0.15, -0.1) is 0 Å². The SMILES string of the molecule is CC1CC(C)(C)NC(=S)N1CCCC(=O)Nc1c(F)cccc1F. The van der Waals surface area contributed by atoms with Crippen LogP contribution in [0.2, 0.25) is 0 Å². The van der Waals surface area contributed by atoms with Gasteiger partial charge in [0.2, 0.25) is 5.91 Å². The molecule has 1 heterocycles. The molecule has 2 rings (SSSR count). The molecule has 132 valence electrons. The van der Waals surface area contributed by atoms with E-state index in [1.807, 2.05) is 0 Å². The molecule has 24 heavy (non-hydrogen) atoms. The van der Waals surface area contributed by atoms with Crippen LogP contribution in [-0.4, -0.2) is 34.0 Å². The number of benzene rings is 1. The number of carbonyl (C=O) groups is 1. The lowest BCUT2D eigenvalue weighted by atomic mass is 9.93. The minimum atomic E-state index is -0.777. The van der Waals surface area contributed by atoms with Crippen LogP contribution >= 0.6 is 12.2 Å². The van der Waals surface area contributed by atoms with Crippen LogP contribution in [0, 0.1) is 11.6 Å². The Labute approximate surface area is 146 Å². The summed E-state index contributed by atoms with van der Waals surface area (Å²) in [5, 5.41) is 6.26. The van der Waals surface area contributed by atoms with Gasteiger partial charge in [-0.2, -0.15) is 0 Å². The minimum absolute atomic E-state index is 0.0350. The Hall–Kier alpha value is -1.76. The smallest absolute Gasteiger partial charge is 0.224 e. The number of nitrogens with one attached hydrogen (secondary N) is 2. The fraction of sp³-hybridized carbons (Fsp3) is 0.529. The number of halogens is 2. The highest BCUT2D eigenvalue weighted by Gasteiger charge is 2.32. The third kappa shape index (κ3) is 4.63. The van der Waals surface area contributed by atoms with Crippen molar-refractivity contribution in [1.29, 1.82) is 0 Å². The summed E-state index contributed by atoms with van der Waals surface area (Å²) in [5.41, 5.74) is -0.431. The summed E-state index contributed by atoms with van der Waals surface area (Å²) in [7, 11) is 0. The van der Waals surface area contributed by atoms with E-state index in [1.165, 1.54) is 6.07 Å². The van der Waals surface area contributed by atoms with Crippen LogP contribution in [0.1, 0.15) is 40.0 Å². The van der Waals surface area contributed by atoms with Crippen LogP contribution < -0.4 is 10.6 Å². The first-order valence-electron chi connectivity index (χ1n) is 8.02. The molecule has 1 fully saturated rings. The number of carbonyl (C=O) groups excluding carboxylic acids is 1. The van der Waals surface area contributed by atoms with Gasteiger partial charge in [0, 0.05) is 24.5 Å². The largest absolute Gasteiger partial charge is 0.358 e. The molecule has 0 aromatic heterocycles. The van der Waals surface area contributed by atoms with Gasteiger partial charge >= 0.3 is 0 Å². The van der Waals surface area contributed by atoms with Gasteiger partial charge in [-0.25, -0.2) is 8.78 Å². The van der Waals surface area contributed by atoms with Crippen molar-refractivity contribution in [3.8, 4) is 0 Å². The summed E-state index contributed by atoms with van der Waals surface area (Å²) in [4.78, 5) is 14.0. The topological polar surface area (TPSA) is 44.4 Å². The number of rotatable bonds is 5. The molecule has 1 aromatic rings. The Bertz CT molecular complexity index is 616. The maximum Gasteiger partial charge on any atom is 0.224 e. The van der Waals surface area contributed by atoms with Gasteiger partial charge in [0.15, 0.2) is 5.11 Å². The van der Waals surface area contributed by atoms with E-state index in [9.17, 15) is 13.6 Å². The normalized spacial score (nSPS) is 19.8. The first kappa shape index (κ1) is 18.6. The summed E-state index contributed by atoms with van der Waals surface area (Å²) >= 11 is 5.39. The van der Waals surface area contributed by atoms with Crippen molar-refractivity contribution in [3.05, 3.63) is 29.8 Å². The summed E-state index contributed by atoms with van der Waals surface area (Å²) in [6.45, 7) is 6.92. The highest BCUT2D eigenvalue weighted by Crippen LogP contribution is 2.22. The van der Waals surface area contributed by atoms with Gasteiger partial charge in [-0.3, -0.25) is 4.79 Å². The van der Waals surface area contributed by atoms with Crippen LogP contribution in [0.15, 0.2) is 18.2 Å². The third-order valence-corrected chi connectivity index (χ3v) is 4.41. The Morgan fingerprint density at radius 3 is 2.62 bits per heavy atom. The number of nitrogens with zero attached hydrogens (tertiary/aromatic N) is 1. The average Bonchev–Trinajstić information content (AvgIpc) is 2.45. The van der Waals surface area contributed by atoms with Gasteiger partial charge in [0.25, 0.3) is 0 Å². The highest BCUT2D eigenvalue weighted by atomic mass is 32.1. The zero-order valence-electron chi connectivity index (χ0n) is 14.2. The van der Waals surface area contributed by atoms with Gasteiger partial charge in [0.1, 0.15) is 17.3 Å². The van der Waals surface area contributed by atoms with E-state index < -0.39 is 23.2 Å². The summed E-state index contributed by atoms with van der Waals surface area (Å²) in [6, 6.07) is 3.76. The Morgan fingerprint density at radius 1 is 1.42 bits per heavy atom. The first-order valence-corrected chi connectivity index (χ1v) is 8.43. The van der Waals surface area contributed by atoms with Crippen LogP contribution in [0.5, 0.6) is 0 Å². The number of thiocarbonyl (C=S) groups is 1. The summed E-state index contributed by atoms with van der Waals surface area (Å²) in [6.07, 6.45) is 1.66. The van der Waals surface area contributed by atoms with Gasteiger partial charge in [-0.1, -0.05) is 6.07 Å². The number of amides is 1. The van der Waals surface area contributed by atoms with E-state index in [2.05, 4.69) is 36.3 Å². The predicted molar refractivity (Wildman–Crippen MR) is 94.8 cm³/mol. The minimum Gasteiger partial charge on any atom is -0.358 e. The Morgan fingerprint density at radius 2 is 2.04 bits per heavy atom. The molecule has 1 unspecified atom stereocenters. The van der Waals surface area contributed by atoms with E-state index >= 15 is 0 Å². The number of hydrogen-bond acceptors (Lipinski definition) is 2. The molecular formula is C17H23F2N3OS. The third-order valence-electron chi connectivity index (χ3n) is 4.07. The highest BCUT2D eigenvalue weighted by molar-refractivity contribution is 7.80. The fourth-order valence-electron chi connectivity index (χ4n) is 3.01. The van der Waals surface area contributed by atoms with Gasteiger partial charge < -0.3 is 15.5 Å². The van der Waals surface area contributed by atoms with Crippen LogP contribution in [-0.2, 0) is 4.79 Å². The second-order valence-corrected chi connectivity index (χ2v) is 7.20. The first-order chi connectivity index (χ1) is 11.2. The van der Waals surface area contributed by atoms with Crippen molar-refractivity contribution in [1.82, 2.24) is 10.2 Å². The molecule has 1 aromatic carbocycles. The lowest BCUT2D eigenvalue weighted by Gasteiger charge is -2.44. The maximum atomic E-state index is 13.5. The second kappa shape index (κ2) is 7.42. The molecule has 1 aliphatic rings. The van der Waals surface area contributed by atoms with Crippen LogP contribution in [0.4, 0.5) is 14.5 Å². The van der Waals surface area contributed by atoms with Crippen molar-refractivity contribution in [2.45, 2.75) is 51.6 Å². The molecule has 4 nitrogen and oxygen atoms in total. The lowest BCUT2D eigenvalue weighted by Crippen LogP contribution is -2.60. The van der Waals surface area contributed by atoms with Crippen LogP contribution in [0.25, 0.3) is 0 Å². The monoisotopic (exact) mass is 355 g/mol. The van der Waals surface area contributed by atoms with Crippen molar-refractivity contribution >= 4 is 28.9 Å². The maximum absolute atomic E-state index is 13.5. The van der Waals surface area contributed by atoms with Gasteiger partial charge in [-0.05, 0) is 58.0 Å². The molecule has 0 aliphatic carbocycles. The van der Waals surface area contributed by atoms with E-state index in [4.69, 9.17) is 12.2 Å². The van der Waals surface area contributed by atoms with E-state index in [0.717, 1.165) is 18.6 Å². The Kier molecular flexibility index (Phi) is 5.74. The zero-order chi connectivity index (χ0) is 17.9. The Balaban J connectivity index is 1.84. The second-order valence-electron chi connectivity index (χ2n) is 6.81. The molecular weight excluding hydrogens is 332 g/mol. The number of anilines is 1. The molecule has 0 spiro atoms. The van der Waals surface area contributed by atoms with Gasteiger partial charge in [0.05, 0.1) is 0 Å². The van der Waals surface area contributed by atoms with Crippen molar-refractivity contribution in [2.75, 3.05) is 11.9 Å². The fourth-order valence-corrected chi connectivity index (χ4v) is 3.56. The molecule has 1 aliphatic heterocycles. The van der Waals surface area contributed by atoms with Crippen molar-refractivity contribution in [3.63, 3.8) is 0 Å². The average molecular weight is 355 g/mol. The molecule has 7 heteroatoms. The van der Waals surface area contributed by atoms with Crippen molar-refractivity contribution < 1.29 is 13.6 Å². The number of para-hydroxylation sites is 1. The summed E-state index contributed by atoms with van der Waals surface area (Å²) < 4.78 is 27.0.